The Morgan fingerprint density at radius 3 is 2.47 bits per heavy atom. The highest BCUT2D eigenvalue weighted by Crippen LogP contribution is 2.35. The van der Waals surface area contributed by atoms with Crippen LogP contribution < -0.4 is 15.4 Å². The van der Waals surface area contributed by atoms with Crippen LogP contribution in [0.1, 0.15) is 16.7 Å². The highest BCUT2D eigenvalue weighted by Gasteiger charge is 2.31. The van der Waals surface area contributed by atoms with Gasteiger partial charge in [-0.1, -0.05) is 12.1 Å². The van der Waals surface area contributed by atoms with Crippen LogP contribution in [0.25, 0.3) is 0 Å². The van der Waals surface area contributed by atoms with Crippen molar-refractivity contribution in [3.8, 4) is 5.75 Å². The predicted molar refractivity (Wildman–Crippen MR) is 125 cm³/mol. The Bertz CT molecular complexity index is 1170. The number of aromatic nitrogens is 1. The fraction of sp³-hybridized carbons (Fsp3) is 0.208. The van der Waals surface area contributed by atoms with Crippen molar-refractivity contribution in [2.45, 2.75) is 12.7 Å². The number of rotatable bonds is 6. The number of hydrogen-bond donors (Lipinski definition) is 2. The lowest BCUT2D eigenvalue weighted by atomic mass is 10.1. The average Bonchev–Trinajstić information content (AvgIpc) is 2.80. The van der Waals surface area contributed by atoms with Gasteiger partial charge in [0, 0.05) is 44.3 Å². The van der Waals surface area contributed by atoms with Crippen molar-refractivity contribution in [2.24, 2.45) is 4.99 Å². The molecule has 0 fully saturated rings. The van der Waals surface area contributed by atoms with Crippen molar-refractivity contribution < 1.29 is 22.7 Å². The monoisotopic (exact) mass is 471 g/mol. The summed E-state index contributed by atoms with van der Waals surface area (Å²) in [6, 6.07) is 13.0. The number of nitrogens with one attached hydrogen (secondary N) is 2. The van der Waals surface area contributed by atoms with Gasteiger partial charge in [0.05, 0.1) is 18.4 Å². The first-order chi connectivity index (χ1) is 16.2. The van der Waals surface area contributed by atoms with E-state index in [0.29, 0.717) is 12.2 Å². The zero-order valence-corrected chi connectivity index (χ0v) is 18.8. The van der Waals surface area contributed by atoms with Gasteiger partial charge in [-0.25, -0.2) is 4.79 Å². The summed E-state index contributed by atoms with van der Waals surface area (Å²) < 4.78 is 44.2. The third kappa shape index (κ3) is 6.25. The molecule has 0 aliphatic carbocycles. The molecule has 0 spiro atoms. The summed E-state index contributed by atoms with van der Waals surface area (Å²) in [6.07, 6.45) is -1.16. The molecule has 0 unspecified atom stereocenters. The summed E-state index contributed by atoms with van der Waals surface area (Å²) in [4.78, 5) is 22.8. The Balaban J connectivity index is 1.70. The third-order valence-electron chi connectivity index (χ3n) is 4.89. The van der Waals surface area contributed by atoms with Crippen molar-refractivity contribution in [3.63, 3.8) is 0 Å². The van der Waals surface area contributed by atoms with Crippen LogP contribution in [0.3, 0.4) is 0 Å². The number of alkyl halides is 3. The van der Waals surface area contributed by atoms with Crippen LogP contribution in [0.15, 0.2) is 72.0 Å². The van der Waals surface area contributed by atoms with E-state index >= 15 is 0 Å². The van der Waals surface area contributed by atoms with Gasteiger partial charge >= 0.3 is 12.2 Å². The lowest BCUT2D eigenvalue weighted by Crippen LogP contribution is -2.27. The predicted octanol–water partition coefficient (Wildman–Crippen LogP) is 5.26. The van der Waals surface area contributed by atoms with E-state index in [1.54, 1.807) is 37.6 Å². The molecule has 2 aromatic carbocycles. The van der Waals surface area contributed by atoms with Crippen LogP contribution in [0, 0.1) is 0 Å². The zero-order chi connectivity index (χ0) is 24.7. The number of urea groups is 1. The van der Waals surface area contributed by atoms with E-state index in [1.165, 1.54) is 7.11 Å². The SMILES string of the molecule is CN=C(c1ccncc1)N(C)Cc1cccc(NC(=O)Nc2cc(C(F)(F)F)ccc2OC)c1. The summed E-state index contributed by atoms with van der Waals surface area (Å²) in [7, 11) is 4.91. The Kier molecular flexibility index (Phi) is 7.72. The molecule has 1 heterocycles. The smallest absolute Gasteiger partial charge is 0.416 e. The molecule has 10 heteroatoms. The molecule has 0 bridgehead atoms. The third-order valence-corrected chi connectivity index (χ3v) is 4.89. The molecule has 1 aromatic heterocycles. The zero-order valence-electron chi connectivity index (χ0n) is 18.8. The first kappa shape index (κ1) is 24.6. The van der Waals surface area contributed by atoms with Gasteiger partial charge in [0.1, 0.15) is 11.6 Å². The number of aliphatic imine (C=N–C) groups is 1. The van der Waals surface area contributed by atoms with Gasteiger partial charge in [0.2, 0.25) is 0 Å². The van der Waals surface area contributed by atoms with E-state index in [9.17, 15) is 18.0 Å². The van der Waals surface area contributed by atoms with Gasteiger partial charge in [0.15, 0.2) is 0 Å². The van der Waals surface area contributed by atoms with Crippen LogP contribution in [0.2, 0.25) is 0 Å². The van der Waals surface area contributed by atoms with Crippen molar-refractivity contribution >= 4 is 23.2 Å². The van der Waals surface area contributed by atoms with E-state index in [2.05, 4.69) is 20.6 Å². The van der Waals surface area contributed by atoms with Crippen LogP contribution in [-0.2, 0) is 12.7 Å². The fourth-order valence-corrected chi connectivity index (χ4v) is 3.38. The Morgan fingerprint density at radius 2 is 1.82 bits per heavy atom. The number of pyridine rings is 1. The Hall–Kier alpha value is -4.08. The van der Waals surface area contributed by atoms with Gasteiger partial charge in [-0.05, 0) is 48.0 Å². The summed E-state index contributed by atoms with van der Waals surface area (Å²) in [5.74, 6) is 0.885. The molecule has 0 radical (unpaired) electrons. The van der Waals surface area contributed by atoms with Crippen LogP contribution in [0.4, 0.5) is 29.3 Å². The van der Waals surface area contributed by atoms with E-state index in [4.69, 9.17) is 4.74 Å². The largest absolute Gasteiger partial charge is 0.495 e. The molecule has 2 amide bonds. The lowest BCUT2D eigenvalue weighted by Gasteiger charge is -2.21. The number of anilines is 2. The summed E-state index contributed by atoms with van der Waals surface area (Å²) in [5.41, 5.74) is 1.31. The van der Waals surface area contributed by atoms with Gasteiger partial charge in [-0.15, -0.1) is 0 Å². The topological polar surface area (TPSA) is 78.9 Å². The van der Waals surface area contributed by atoms with E-state index in [0.717, 1.165) is 35.2 Å². The maximum absolute atomic E-state index is 13.0. The molecule has 178 valence electrons. The number of halogens is 3. The molecule has 3 rings (SSSR count). The van der Waals surface area contributed by atoms with Crippen LogP contribution in [-0.4, -0.2) is 43.0 Å². The number of amidine groups is 1. The highest BCUT2D eigenvalue weighted by atomic mass is 19.4. The summed E-state index contributed by atoms with van der Waals surface area (Å²) in [6.45, 7) is 0.508. The molecule has 0 aliphatic heterocycles. The molecule has 0 atom stereocenters. The second kappa shape index (κ2) is 10.7. The molecule has 0 saturated heterocycles. The van der Waals surface area contributed by atoms with Crippen LogP contribution >= 0.6 is 0 Å². The minimum absolute atomic E-state index is 0.0909. The Labute approximate surface area is 195 Å². The maximum Gasteiger partial charge on any atom is 0.416 e. The number of benzene rings is 2. The summed E-state index contributed by atoms with van der Waals surface area (Å²) >= 11 is 0. The number of carbonyl (C=O) groups excluding carboxylic acids is 1. The van der Waals surface area contributed by atoms with Crippen molar-refractivity contribution in [1.29, 1.82) is 0 Å². The number of amides is 2. The molecule has 7 nitrogen and oxygen atoms in total. The highest BCUT2D eigenvalue weighted by molar-refractivity contribution is 6.01. The number of nitrogens with zero attached hydrogens (tertiary/aromatic N) is 3. The Morgan fingerprint density at radius 1 is 1.09 bits per heavy atom. The van der Waals surface area contributed by atoms with Crippen LogP contribution in [0.5, 0.6) is 5.75 Å². The van der Waals surface area contributed by atoms with Gasteiger partial charge in [0.25, 0.3) is 0 Å². The maximum atomic E-state index is 13.0. The van der Waals surface area contributed by atoms with Crippen molar-refractivity contribution in [3.05, 3.63) is 83.7 Å². The van der Waals surface area contributed by atoms with Crippen molar-refractivity contribution in [2.75, 3.05) is 31.8 Å². The van der Waals surface area contributed by atoms with Crippen molar-refractivity contribution in [1.82, 2.24) is 9.88 Å². The molecule has 3 aromatic rings. The minimum atomic E-state index is -4.55. The first-order valence-corrected chi connectivity index (χ1v) is 10.2. The van der Waals surface area contributed by atoms with E-state index in [1.807, 2.05) is 30.1 Å². The summed E-state index contributed by atoms with van der Waals surface area (Å²) in [5, 5.41) is 5.07. The van der Waals surface area contributed by atoms with Gasteiger partial charge in [-0.2, -0.15) is 13.2 Å². The molecule has 0 saturated carbocycles. The van der Waals surface area contributed by atoms with Gasteiger partial charge in [-0.3, -0.25) is 9.98 Å². The molecular weight excluding hydrogens is 447 g/mol. The quantitative estimate of drug-likeness (QED) is 0.380. The van der Waals surface area contributed by atoms with E-state index < -0.39 is 17.8 Å². The minimum Gasteiger partial charge on any atom is -0.495 e. The first-order valence-electron chi connectivity index (χ1n) is 10.2. The van der Waals surface area contributed by atoms with Gasteiger partial charge < -0.3 is 20.3 Å². The fourth-order valence-electron chi connectivity index (χ4n) is 3.38. The number of carbonyl (C=O) groups is 1. The average molecular weight is 471 g/mol. The molecular formula is C24H24F3N5O2. The normalized spacial score (nSPS) is 11.6. The molecule has 0 aliphatic rings. The van der Waals surface area contributed by atoms with E-state index in [-0.39, 0.29) is 11.4 Å². The molecule has 34 heavy (non-hydrogen) atoms. The number of methoxy groups -OCH3 is 1. The number of ether oxygens (including phenoxy) is 1. The second-order valence-electron chi connectivity index (χ2n) is 7.33. The standard InChI is InChI=1S/C24H24F3N5O2/c1-28-22(17-9-11-29-12-10-17)32(2)15-16-5-4-6-19(13-16)30-23(33)31-20-14-18(24(25,26)27)7-8-21(20)34-3/h4-14H,15H2,1-3H3,(H2,30,31,33). The lowest BCUT2D eigenvalue weighted by molar-refractivity contribution is -0.137. The molecule has 2 N–H and O–H groups in total. The second-order valence-corrected chi connectivity index (χ2v) is 7.33. The number of hydrogen-bond acceptors (Lipinski definition) is 4.